The van der Waals surface area contributed by atoms with E-state index in [4.69, 9.17) is 0 Å². The quantitative estimate of drug-likeness (QED) is 0.768. The van der Waals surface area contributed by atoms with Crippen molar-refractivity contribution < 1.29 is 26.4 Å². The van der Waals surface area contributed by atoms with Gasteiger partial charge in [0, 0.05) is 25.8 Å². The average molecular weight is 362 g/mol. The van der Waals surface area contributed by atoms with Gasteiger partial charge in [-0.25, -0.2) is 12.7 Å². The van der Waals surface area contributed by atoms with Crippen molar-refractivity contribution in [3.63, 3.8) is 0 Å². The van der Waals surface area contributed by atoms with Gasteiger partial charge in [-0.05, 0) is 37.0 Å². The number of carbonyl (C=O) groups is 1. The minimum atomic E-state index is -4.50. The van der Waals surface area contributed by atoms with Crippen molar-refractivity contribution in [3.8, 4) is 0 Å². The maximum Gasteiger partial charge on any atom is 0.416 e. The number of anilines is 1. The maximum absolute atomic E-state index is 13.2. The predicted octanol–water partition coefficient (Wildman–Crippen LogP) is 2.02. The molecule has 1 unspecified atom stereocenters. The fraction of sp³-hybridized carbons (Fsp3) is 0.533. The molecule has 1 aromatic rings. The van der Waals surface area contributed by atoms with Gasteiger partial charge in [-0.2, -0.15) is 13.2 Å². The highest BCUT2D eigenvalue weighted by Crippen LogP contribution is 2.39. The van der Waals surface area contributed by atoms with Gasteiger partial charge in [0.1, 0.15) is 0 Å². The van der Waals surface area contributed by atoms with Crippen molar-refractivity contribution in [2.75, 3.05) is 25.0 Å². The normalized spacial score (nSPS) is 24.0. The molecule has 0 spiro atoms. The van der Waals surface area contributed by atoms with Crippen LogP contribution in [0.3, 0.4) is 0 Å². The standard InChI is InChI=1S/C15H17F3N2O3S/c1-19-9-7-13(24(19,22)23)14(21)20-8-3-4-10-11(15(16,17)18)5-2-6-12(10)20/h2,5-6,13H,3-4,7-9H2,1H3. The molecule has 2 aliphatic heterocycles. The van der Waals surface area contributed by atoms with Crippen LogP contribution in [-0.4, -0.2) is 44.0 Å². The first kappa shape index (κ1) is 17.2. The Morgan fingerprint density at radius 1 is 1.25 bits per heavy atom. The molecule has 1 saturated heterocycles. The van der Waals surface area contributed by atoms with Crippen LogP contribution in [0, 0.1) is 0 Å². The number of amides is 1. The van der Waals surface area contributed by atoms with Gasteiger partial charge in [-0.1, -0.05) is 6.07 Å². The third kappa shape index (κ3) is 2.69. The number of rotatable bonds is 1. The van der Waals surface area contributed by atoms with Gasteiger partial charge in [-0.15, -0.1) is 0 Å². The number of fused-ring (bicyclic) bond motifs is 1. The van der Waals surface area contributed by atoms with E-state index in [1.54, 1.807) is 0 Å². The molecule has 0 radical (unpaired) electrons. The minimum Gasteiger partial charge on any atom is -0.311 e. The number of hydrogen-bond acceptors (Lipinski definition) is 3. The number of halogens is 3. The van der Waals surface area contributed by atoms with E-state index in [9.17, 15) is 26.4 Å². The molecule has 1 atom stereocenters. The van der Waals surface area contributed by atoms with Crippen molar-refractivity contribution >= 4 is 21.6 Å². The second-order valence-corrected chi connectivity index (χ2v) is 8.26. The Kier molecular flexibility index (Phi) is 4.11. The molecule has 2 aliphatic rings. The molecular formula is C15H17F3N2O3S. The van der Waals surface area contributed by atoms with Gasteiger partial charge in [-0.3, -0.25) is 4.79 Å². The second kappa shape index (κ2) is 5.73. The zero-order chi connectivity index (χ0) is 17.7. The summed E-state index contributed by atoms with van der Waals surface area (Å²) >= 11 is 0. The summed E-state index contributed by atoms with van der Waals surface area (Å²) in [6.45, 7) is 0.463. The molecule has 5 nitrogen and oxygen atoms in total. The number of nitrogens with zero attached hydrogens (tertiary/aromatic N) is 2. The Balaban J connectivity index is 2.01. The summed E-state index contributed by atoms with van der Waals surface area (Å²) in [6, 6.07) is 3.70. The van der Waals surface area contributed by atoms with E-state index >= 15 is 0 Å². The van der Waals surface area contributed by atoms with Crippen LogP contribution < -0.4 is 4.90 Å². The molecule has 0 bridgehead atoms. The van der Waals surface area contributed by atoms with Crippen molar-refractivity contribution in [2.45, 2.75) is 30.7 Å². The molecule has 0 aromatic heterocycles. The number of alkyl halides is 3. The molecule has 0 aliphatic carbocycles. The van der Waals surface area contributed by atoms with Crippen LogP contribution in [0.15, 0.2) is 18.2 Å². The van der Waals surface area contributed by atoms with Crippen LogP contribution in [0.2, 0.25) is 0 Å². The van der Waals surface area contributed by atoms with E-state index in [2.05, 4.69) is 0 Å². The maximum atomic E-state index is 13.2. The molecule has 2 heterocycles. The molecule has 1 fully saturated rings. The van der Waals surface area contributed by atoms with E-state index in [-0.39, 0.29) is 37.2 Å². The summed E-state index contributed by atoms with van der Waals surface area (Å²) in [6.07, 6.45) is -3.76. The lowest BCUT2D eigenvalue weighted by molar-refractivity contribution is -0.138. The van der Waals surface area contributed by atoms with Gasteiger partial charge in [0.25, 0.3) is 0 Å². The minimum absolute atomic E-state index is 0.0633. The zero-order valence-corrected chi connectivity index (χ0v) is 13.8. The Morgan fingerprint density at radius 3 is 2.54 bits per heavy atom. The molecule has 0 saturated carbocycles. The Labute approximate surface area is 138 Å². The zero-order valence-electron chi connectivity index (χ0n) is 13.0. The molecule has 0 N–H and O–H groups in total. The van der Waals surface area contributed by atoms with Crippen LogP contribution >= 0.6 is 0 Å². The third-order valence-corrected chi connectivity index (χ3v) is 6.81. The summed E-state index contributed by atoms with van der Waals surface area (Å²) in [5.74, 6) is -0.639. The Morgan fingerprint density at radius 2 is 1.96 bits per heavy atom. The predicted molar refractivity (Wildman–Crippen MR) is 82.1 cm³/mol. The fourth-order valence-electron chi connectivity index (χ4n) is 3.34. The molecule has 132 valence electrons. The largest absolute Gasteiger partial charge is 0.416 e. The van der Waals surface area contributed by atoms with Crippen LogP contribution in [0.1, 0.15) is 24.0 Å². The Hall–Kier alpha value is -1.61. The number of sulfonamides is 1. The van der Waals surface area contributed by atoms with Crippen molar-refractivity contribution in [1.82, 2.24) is 4.31 Å². The first-order chi connectivity index (χ1) is 11.1. The van der Waals surface area contributed by atoms with E-state index in [0.29, 0.717) is 6.42 Å². The number of carbonyl (C=O) groups excluding carboxylic acids is 1. The smallest absolute Gasteiger partial charge is 0.311 e. The van der Waals surface area contributed by atoms with Crippen molar-refractivity contribution in [1.29, 1.82) is 0 Å². The summed E-state index contributed by atoms with van der Waals surface area (Å²) in [4.78, 5) is 13.9. The fourth-order valence-corrected chi connectivity index (χ4v) is 4.92. The van der Waals surface area contributed by atoms with E-state index in [0.717, 1.165) is 10.4 Å². The van der Waals surface area contributed by atoms with Gasteiger partial charge in [0.15, 0.2) is 5.25 Å². The first-order valence-electron chi connectivity index (χ1n) is 7.59. The average Bonchev–Trinajstić information content (AvgIpc) is 2.78. The second-order valence-electron chi connectivity index (χ2n) is 6.04. The van der Waals surface area contributed by atoms with Crippen LogP contribution in [0.25, 0.3) is 0 Å². The van der Waals surface area contributed by atoms with E-state index < -0.39 is 32.9 Å². The third-order valence-electron chi connectivity index (χ3n) is 4.60. The van der Waals surface area contributed by atoms with Crippen molar-refractivity contribution in [3.05, 3.63) is 29.3 Å². The van der Waals surface area contributed by atoms with Crippen molar-refractivity contribution in [2.24, 2.45) is 0 Å². The topological polar surface area (TPSA) is 57.7 Å². The van der Waals surface area contributed by atoms with E-state index in [1.807, 2.05) is 0 Å². The highest BCUT2D eigenvalue weighted by molar-refractivity contribution is 7.90. The molecule has 1 amide bonds. The monoisotopic (exact) mass is 362 g/mol. The highest BCUT2D eigenvalue weighted by atomic mass is 32.2. The number of hydrogen-bond donors (Lipinski definition) is 0. The lowest BCUT2D eigenvalue weighted by Crippen LogP contribution is -2.45. The first-order valence-corrected chi connectivity index (χ1v) is 9.10. The number of benzene rings is 1. The summed E-state index contributed by atoms with van der Waals surface area (Å²) < 4.78 is 65.1. The van der Waals surface area contributed by atoms with Gasteiger partial charge < -0.3 is 4.90 Å². The SMILES string of the molecule is CN1CCC(C(=O)N2CCCc3c2cccc3C(F)(F)F)S1(=O)=O. The summed E-state index contributed by atoms with van der Waals surface area (Å²) in [7, 11) is -2.34. The van der Waals surface area contributed by atoms with E-state index in [1.165, 1.54) is 24.1 Å². The van der Waals surface area contributed by atoms with Gasteiger partial charge >= 0.3 is 6.18 Å². The molecule has 9 heteroatoms. The molecule has 1 aromatic carbocycles. The van der Waals surface area contributed by atoms with Gasteiger partial charge in [0.2, 0.25) is 15.9 Å². The lowest BCUT2D eigenvalue weighted by Gasteiger charge is -2.32. The molecular weight excluding hydrogens is 345 g/mol. The van der Waals surface area contributed by atoms with Crippen LogP contribution in [0.4, 0.5) is 18.9 Å². The summed E-state index contributed by atoms with van der Waals surface area (Å²) in [5.41, 5.74) is -0.525. The molecule has 3 rings (SSSR count). The van der Waals surface area contributed by atoms with Gasteiger partial charge in [0.05, 0.1) is 5.56 Å². The molecule has 24 heavy (non-hydrogen) atoms. The van der Waals surface area contributed by atoms with Crippen LogP contribution in [0.5, 0.6) is 0 Å². The van der Waals surface area contributed by atoms with Crippen LogP contribution in [-0.2, 0) is 27.4 Å². The Bertz CT molecular complexity index is 777. The lowest BCUT2D eigenvalue weighted by atomic mass is 9.95. The summed E-state index contributed by atoms with van der Waals surface area (Å²) in [5, 5.41) is -1.22. The highest BCUT2D eigenvalue weighted by Gasteiger charge is 2.45.